The molecule has 1 aliphatic carbocycles. The molecule has 0 saturated heterocycles. The van der Waals surface area contributed by atoms with Crippen molar-refractivity contribution in [2.24, 2.45) is 0 Å². The number of nitrogens with one attached hydrogen (secondary N) is 1. The molecule has 0 aromatic heterocycles. The van der Waals surface area contributed by atoms with E-state index in [1.165, 1.54) is 5.56 Å². The van der Waals surface area contributed by atoms with Gasteiger partial charge in [-0.2, -0.15) is 0 Å². The Bertz CT molecular complexity index is 811. The molecule has 0 spiro atoms. The van der Waals surface area contributed by atoms with E-state index in [2.05, 4.69) is 11.4 Å². The van der Waals surface area contributed by atoms with Crippen molar-refractivity contribution in [2.75, 3.05) is 13.2 Å². The second-order valence-corrected chi connectivity index (χ2v) is 6.98. The first-order valence-electron chi connectivity index (χ1n) is 9.25. The molecule has 0 saturated carbocycles. The van der Waals surface area contributed by atoms with E-state index in [0.29, 0.717) is 5.75 Å². The van der Waals surface area contributed by atoms with E-state index in [4.69, 9.17) is 9.47 Å². The number of carbonyl (C=O) groups is 2. The number of rotatable bonds is 6. The van der Waals surface area contributed by atoms with Crippen molar-refractivity contribution in [1.82, 2.24) is 5.32 Å². The van der Waals surface area contributed by atoms with Gasteiger partial charge in [-0.05, 0) is 67.5 Å². The molecular formula is C22H25NO4. The third-order valence-electron chi connectivity index (χ3n) is 4.62. The van der Waals surface area contributed by atoms with Crippen LogP contribution in [0.3, 0.4) is 0 Å². The number of ether oxygens (including phenoxy) is 2. The minimum atomic E-state index is -0.562. The molecular weight excluding hydrogens is 342 g/mol. The molecule has 0 heterocycles. The summed E-state index contributed by atoms with van der Waals surface area (Å²) in [6.07, 6.45) is 2.96. The predicted molar refractivity (Wildman–Crippen MR) is 103 cm³/mol. The van der Waals surface area contributed by atoms with E-state index in [1.54, 1.807) is 0 Å². The van der Waals surface area contributed by atoms with Crippen molar-refractivity contribution in [1.29, 1.82) is 0 Å². The van der Waals surface area contributed by atoms with Crippen LogP contribution in [0, 0.1) is 13.8 Å². The van der Waals surface area contributed by atoms with Gasteiger partial charge in [-0.3, -0.25) is 4.79 Å². The minimum absolute atomic E-state index is 0.0207. The fourth-order valence-electron chi connectivity index (χ4n) is 3.49. The van der Waals surface area contributed by atoms with Crippen molar-refractivity contribution >= 4 is 11.9 Å². The van der Waals surface area contributed by atoms with Crippen LogP contribution in [0.15, 0.2) is 42.5 Å². The van der Waals surface area contributed by atoms with Gasteiger partial charge in [-0.1, -0.05) is 30.3 Å². The Morgan fingerprint density at radius 1 is 1.07 bits per heavy atom. The third kappa shape index (κ3) is 5.33. The summed E-state index contributed by atoms with van der Waals surface area (Å²) in [7, 11) is 0. The number of carbonyl (C=O) groups excluding carboxylic acids is 2. The summed E-state index contributed by atoms with van der Waals surface area (Å²) in [4.78, 5) is 24.0. The highest BCUT2D eigenvalue weighted by molar-refractivity contribution is 5.81. The molecule has 0 fully saturated rings. The molecule has 0 unspecified atom stereocenters. The zero-order valence-corrected chi connectivity index (χ0v) is 15.8. The van der Waals surface area contributed by atoms with E-state index in [-0.39, 0.29) is 25.2 Å². The topological polar surface area (TPSA) is 64.6 Å². The normalized spacial score (nSPS) is 15.6. The lowest BCUT2D eigenvalue weighted by atomic mass is 9.88. The fourth-order valence-corrected chi connectivity index (χ4v) is 3.49. The van der Waals surface area contributed by atoms with Crippen LogP contribution in [0.25, 0.3) is 0 Å². The first-order chi connectivity index (χ1) is 13.0. The van der Waals surface area contributed by atoms with Crippen LogP contribution >= 0.6 is 0 Å². The van der Waals surface area contributed by atoms with Gasteiger partial charge in [0.15, 0.2) is 13.2 Å². The van der Waals surface area contributed by atoms with Gasteiger partial charge in [-0.25, -0.2) is 4.79 Å². The molecule has 3 rings (SSSR count). The largest absolute Gasteiger partial charge is 0.482 e. The SMILES string of the molecule is Cc1cc(C)cc(OCC(=O)OCC(=O)N[C@@H]2CCCc3ccccc32)c1. The van der Waals surface area contributed by atoms with E-state index in [9.17, 15) is 9.59 Å². The van der Waals surface area contributed by atoms with Gasteiger partial charge in [-0.15, -0.1) is 0 Å². The predicted octanol–water partition coefficient (Wildman–Crippen LogP) is 3.42. The molecule has 5 nitrogen and oxygen atoms in total. The van der Waals surface area contributed by atoms with E-state index >= 15 is 0 Å². The van der Waals surface area contributed by atoms with Gasteiger partial charge in [0.05, 0.1) is 6.04 Å². The van der Waals surface area contributed by atoms with Crippen LogP contribution in [0.1, 0.15) is 41.1 Å². The van der Waals surface area contributed by atoms with Crippen molar-refractivity contribution in [2.45, 2.75) is 39.2 Å². The summed E-state index contributed by atoms with van der Waals surface area (Å²) < 4.78 is 10.5. The standard InChI is InChI=1S/C22H25NO4/c1-15-10-16(2)12-18(11-15)26-14-22(25)27-13-21(24)23-20-9-5-7-17-6-3-4-8-19(17)20/h3-4,6,8,10-12,20H,5,7,9,13-14H2,1-2H3,(H,23,24)/t20-/m1/s1. The molecule has 1 atom stereocenters. The zero-order chi connectivity index (χ0) is 19.2. The van der Waals surface area contributed by atoms with Gasteiger partial charge in [0, 0.05) is 0 Å². The highest BCUT2D eigenvalue weighted by atomic mass is 16.6. The second-order valence-electron chi connectivity index (χ2n) is 6.98. The summed E-state index contributed by atoms with van der Waals surface area (Å²) >= 11 is 0. The van der Waals surface area contributed by atoms with Gasteiger partial charge in [0.1, 0.15) is 5.75 Å². The summed E-state index contributed by atoms with van der Waals surface area (Å²) in [5, 5.41) is 2.96. The lowest BCUT2D eigenvalue weighted by molar-refractivity contribution is -0.150. The van der Waals surface area contributed by atoms with E-state index < -0.39 is 5.97 Å². The number of hydrogen-bond acceptors (Lipinski definition) is 4. The Morgan fingerprint density at radius 3 is 2.59 bits per heavy atom. The van der Waals surface area contributed by atoms with Crippen LogP contribution in [0.2, 0.25) is 0 Å². The number of benzene rings is 2. The lowest BCUT2D eigenvalue weighted by Gasteiger charge is -2.26. The first kappa shape index (κ1) is 19.0. The molecule has 1 N–H and O–H groups in total. The molecule has 0 bridgehead atoms. The highest BCUT2D eigenvalue weighted by Gasteiger charge is 2.21. The third-order valence-corrected chi connectivity index (χ3v) is 4.62. The number of fused-ring (bicyclic) bond motifs is 1. The quantitative estimate of drug-likeness (QED) is 0.795. The Hall–Kier alpha value is -2.82. The molecule has 0 aliphatic heterocycles. The number of amides is 1. The van der Waals surface area contributed by atoms with Crippen molar-refractivity contribution in [3.8, 4) is 5.75 Å². The van der Waals surface area contributed by atoms with Crippen LogP contribution in [0.5, 0.6) is 5.75 Å². The Balaban J connectivity index is 1.45. The summed E-state index contributed by atoms with van der Waals surface area (Å²) in [5.74, 6) is -0.238. The summed E-state index contributed by atoms with van der Waals surface area (Å²) in [6.45, 7) is 3.41. The molecule has 27 heavy (non-hydrogen) atoms. The summed E-state index contributed by atoms with van der Waals surface area (Å²) in [5.41, 5.74) is 4.55. The second kappa shape index (κ2) is 8.71. The monoisotopic (exact) mass is 367 g/mol. The minimum Gasteiger partial charge on any atom is -0.482 e. The maximum absolute atomic E-state index is 12.2. The average molecular weight is 367 g/mol. The van der Waals surface area contributed by atoms with Crippen molar-refractivity contribution in [3.05, 3.63) is 64.7 Å². The number of hydrogen-bond donors (Lipinski definition) is 1. The molecule has 0 radical (unpaired) electrons. The highest BCUT2D eigenvalue weighted by Crippen LogP contribution is 2.29. The Kier molecular flexibility index (Phi) is 6.12. The lowest BCUT2D eigenvalue weighted by Crippen LogP contribution is -2.34. The Labute approximate surface area is 159 Å². The number of esters is 1. The smallest absolute Gasteiger partial charge is 0.344 e. The molecule has 5 heteroatoms. The van der Waals surface area contributed by atoms with Gasteiger partial charge in [0.2, 0.25) is 0 Å². The fraction of sp³-hybridized carbons (Fsp3) is 0.364. The van der Waals surface area contributed by atoms with Gasteiger partial charge >= 0.3 is 5.97 Å². The molecule has 2 aromatic carbocycles. The van der Waals surface area contributed by atoms with Crippen LogP contribution < -0.4 is 10.1 Å². The molecule has 142 valence electrons. The number of aryl methyl sites for hydroxylation is 3. The van der Waals surface area contributed by atoms with Gasteiger partial charge in [0.25, 0.3) is 5.91 Å². The zero-order valence-electron chi connectivity index (χ0n) is 15.8. The van der Waals surface area contributed by atoms with Crippen molar-refractivity contribution in [3.63, 3.8) is 0 Å². The molecule has 1 amide bonds. The van der Waals surface area contributed by atoms with Crippen molar-refractivity contribution < 1.29 is 19.1 Å². The average Bonchev–Trinajstić information content (AvgIpc) is 2.64. The van der Waals surface area contributed by atoms with Crippen LogP contribution in [-0.2, 0) is 20.7 Å². The Morgan fingerprint density at radius 2 is 1.81 bits per heavy atom. The van der Waals surface area contributed by atoms with Gasteiger partial charge < -0.3 is 14.8 Å². The molecule has 2 aromatic rings. The maximum Gasteiger partial charge on any atom is 0.344 e. The first-order valence-corrected chi connectivity index (χ1v) is 9.25. The summed E-state index contributed by atoms with van der Waals surface area (Å²) in [6, 6.07) is 13.8. The maximum atomic E-state index is 12.2. The molecule has 1 aliphatic rings. The van der Waals surface area contributed by atoms with E-state index in [1.807, 2.05) is 50.2 Å². The van der Waals surface area contributed by atoms with Crippen LogP contribution in [0.4, 0.5) is 0 Å². The van der Waals surface area contributed by atoms with Crippen LogP contribution in [-0.4, -0.2) is 25.1 Å². The van der Waals surface area contributed by atoms with E-state index in [0.717, 1.165) is 36.0 Å².